The summed E-state index contributed by atoms with van der Waals surface area (Å²) in [7, 11) is 0. The van der Waals surface area contributed by atoms with Gasteiger partial charge in [0.05, 0.1) is 23.1 Å². The highest BCUT2D eigenvalue weighted by Gasteiger charge is 2.53. The van der Waals surface area contributed by atoms with Crippen LogP contribution in [0.5, 0.6) is 0 Å². The molecule has 1 amide bonds. The number of fused-ring (bicyclic) bond motifs is 1. The van der Waals surface area contributed by atoms with Crippen molar-refractivity contribution in [2.45, 2.75) is 31.4 Å². The van der Waals surface area contributed by atoms with E-state index >= 15 is 0 Å². The fourth-order valence-corrected chi connectivity index (χ4v) is 3.31. The lowest BCUT2D eigenvalue weighted by molar-refractivity contribution is -0.295. The highest BCUT2D eigenvalue weighted by Crippen LogP contribution is 2.30. The molecule has 1 atom stereocenters. The molecule has 2 aromatic heterocycles. The predicted molar refractivity (Wildman–Crippen MR) is 117 cm³/mol. The van der Waals surface area contributed by atoms with Crippen molar-refractivity contribution < 1.29 is 36.0 Å². The van der Waals surface area contributed by atoms with Gasteiger partial charge in [-0.25, -0.2) is 15.3 Å². The van der Waals surface area contributed by atoms with Crippen LogP contribution in [0.1, 0.15) is 28.7 Å². The van der Waals surface area contributed by atoms with Crippen molar-refractivity contribution in [3.63, 3.8) is 0 Å². The van der Waals surface area contributed by atoms with Gasteiger partial charge in [-0.3, -0.25) is 10.1 Å². The number of imidazole rings is 1. The van der Waals surface area contributed by atoms with Crippen LogP contribution in [-0.2, 0) is 11.3 Å². The number of carbonyl (C=O) groups is 1. The quantitative estimate of drug-likeness (QED) is 0.196. The van der Waals surface area contributed by atoms with Crippen LogP contribution in [0.3, 0.4) is 0 Å². The van der Waals surface area contributed by atoms with Gasteiger partial charge in [-0.15, -0.1) is 0 Å². The molecular formula is C22H17BrF6N4O2. The summed E-state index contributed by atoms with van der Waals surface area (Å²) in [5.41, 5.74) is -1.53. The number of pyridine rings is 1. The molecule has 0 fully saturated rings. The summed E-state index contributed by atoms with van der Waals surface area (Å²) < 4.78 is 81.7. The van der Waals surface area contributed by atoms with E-state index in [1.54, 1.807) is 17.6 Å². The van der Waals surface area contributed by atoms with Crippen molar-refractivity contribution in [1.29, 1.82) is 0 Å². The number of aromatic nitrogens is 2. The van der Waals surface area contributed by atoms with Crippen LogP contribution in [0.25, 0.3) is 5.65 Å². The van der Waals surface area contributed by atoms with E-state index in [-0.39, 0.29) is 22.6 Å². The molecule has 35 heavy (non-hydrogen) atoms. The lowest BCUT2D eigenvalue weighted by atomic mass is 10.2. The molecule has 0 aliphatic carbocycles. The van der Waals surface area contributed by atoms with Crippen LogP contribution in [0.4, 0.5) is 26.3 Å². The normalized spacial score (nSPS) is 13.7. The van der Waals surface area contributed by atoms with Crippen molar-refractivity contribution in [2.75, 3.05) is 6.54 Å². The Morgan fingerprint density at radius 1 is 1.11 bits per heavy atom. The minimum absolute atomic E-state index is 0.0759. The van der Waals surface area contributed by atoms with Crippen molar-refractivity contribution in [3.05, 3.63) is 70.1 Å². The number of rotatable bonds is 6. The van der Waals surface area contributed by atoms with Gasteiger partial charge in [-0.1, -0.05) is 24.1 Å². The monoisotopic (exact) mass is 562 g/mol. The highest BCUT2D eigenvalue weighted by molar-refractivity contribution is 9.10. The lowest BCUT2D eigenvalue weighted by Gasteiger charge is -2.31. The van der Waals surface area contributed by atoms with E-state index < -0.39 is 37.0 Å². The molecule has 3 rings (SSSR count). The summed E-state index contributed by atoms with van der Waals surface area (Å²) in [5, 5.41) is 2.02. The molecule has 0 spiro atoms. The Morgan fingerprint density at radius 3 is 2.43 bits per heavy atom. The van der Waals surface area contributed by atoms with Crippen molar-refractivity contribution in [1.82, 2.24) is 20.2 Å². The average Bonchev–Trinajstić information content (AvgIpc) is 3.12. The van der Waals surface area contributed by atoms with E-state index in [4.69, 9.17) is 0 Å². The number of nitrogens with one attached hydrogen (secondary N) is 2. The first-order chi connectivity index (χ1) is 16.3. The molecular weight excluding hydrogens is 546 g/mol. The largest absolute Gasteiger partial charge is 0.433 e. The minimum atomic E-state index is -4.98. The van der Waals surface area contributed by atoms with Crippen LogP contribution in [-0.4, -0.2) is 39.9 Å². The van der Waals surface area contributed by atoms with Crippen molar-refractivity contribution in [3.8, 4) is 11.8 Å². The van der Waals surface area contributed by atoms with Gasteiger partial charge in [-0.05, 0) is 53.0 Å². The average molecular weight is 563 g/mol. The Labute approximate surface area is 203 Å². The van der Waals surface area contributed by atoms with Gasteiger partial charge in [0.2, 0.25) is 5.72 Å². The summed E-state index contributed by atoms with van der Waals surface area (Å²) >= 11 is 3.20. The van der Waals surface area contributed by atoms with Gasteiger partial charge in [-0.2, -0.15) is 26.3 Å². The number of hydrogen-bond acceptors (Lipinski definition) is 4. The van der Waals surface area contributed by atoms with E-state index in [9.17, 15) is 31.1 Å². The summed E-state index contributed by atoms with van der Waals surface area (Å²) in [5.74, 6) is 3.83. The predicted octanol–water partition coefficient (Wildman–Crippen LogP) is 4.78. The maximum Gasteiger partial charge on any atom is 0.433 e. The molecule has 0 radical (unpaired) electrons. The number of halogens is 7. The zero-order valence-corrected chi connectivity index (χ0v) is 19.5. The number of carbonyl (C=O) groups excluding carboxylic acids is 1. The summed E-state index contributed by atoms with van der Waals surface area (Å²) in [6.07, 6.45) is -9.50. The molecule has 3 aromatic rings. The Kier molecular flexibility index (Phi) is 7.78. The first-order valence-corrected chi connectivity index (χ1v) is 10.7. The fourth-order valence-electron chi connectivity index (χ4n) is 2.87. The Balaban J connectivity index is 1.78. The van der Waals surface area contributed by atoms with Gasteiger partial charge >= 0.3 is 12.4 Å². The van der Waals surface area contributed by atoms with Crippen LogP contribution in [0.15, 0.2) is 53.1 Å². The van der Waals surface area contributed by atoms with E-state index in [0.29, 0.717) is 11.4 Å². The first-order valence-electron chi connectivity index (χ1n) is 9.87. The van der Waals surface area contributed by atoms with Gasteiger partial charge in [0.15, 0.2) is 5.65 Å². The standard InChI is InChI=1S/C22H17BrF6N4O2/c1-20(22(27,28)29,35-32-19(34)14-7-3-2-4-8-14)30-11-5-10-16-17(13-21(24,25)26)33-12-6-9-15(23)18(33)31-16/h2-4,6-9,12,30H,11,13H2,1H3,(H,32,34). The van der Waals surface area contributed by atoms with Crippen LogP contribution < -0.4 is 10.8 Å². The molecule has 0 saturated heterocycles. The lowest BCUT2D eigenvalue weighted by Crippen LogP contribution is -2.59. The summed E-state index contributed by atoms with van der Waals surface area (Å²) in [4.78, 5) is 20.7. The smallest absolute Gasteiger partial charge is 0.301 e. The van der Waals surface area contributed by atoms with Gasteiger partial charge < -0.3 is 4.40 Å². The zero-order chi connectivity index (χ0) is 25.9. The minimum Gasteiger partial charge on any atom is -0.301 e. The third kappa shape index (κ3) is 6.53. The number of amides is 1. The van der Waals surface area contributed by atoms with Gasteiger partial charge in [0, 0.05) is 11.8 Å². The maximum atomic E-state index is 13.6. The molecule has 0 bridgehead atoms. The first kappa shape index (κ1) is 26.5. The second kappa shape index (κ2) is 10.3. The topological polar surface area (TPSA) is 67.7 Å². The van der Waals surface area contributed by atoms with Crippen LogP contribution >= 0.6 is 15.9 Å². The van der Waals surface area contributed by atoms with Gasteiger partial charge in [0.1, 0.15) is 5.69 Å². The van der Waals surface area contributed by atoms with Crippen molar-refractivity contribution in [2.24, 2.45) is 0 Å². The number of hydroxylamine groups is 1. The molecule has 0 saturated carbocycles. The Bertz CT molecular complexity index is 1260. The third-order valence-corrected chi connectivity index (χ3v) is 5.33. The third-order valence-electron chi connectivity index (χ3n) is 4.71. The molecule has 0 aliphatic rings. The molecule has 1 aromatic carbocycles. The molecule has 186 valence electrons. The summed E-state index contributed by atoms with van der Waals surface area (Å²) in [6, 6.07) is 10.5. The number of alkyl halides is 6. The molecule has 1 unspecified atom stereocenters. The second-order valence-electron chi connectivity index (χ2n) is 7.33. The highest BCUT2D eigenvalue weighted by atomic mass is 79.9. The molecule has 0 aliphatic heterocycles. The van der Waals surface area contributed by atoms with E-state index in [2.05, 4.69) is 37.6 Å². The summed E-state index contributed by atoms with van der Waals surface area (Å²) in [6.45, 7) is -0.00518. The Morgan fingerprint density at radius 2 is 1.80 bits per heavy atom. The Hall–Kier alpha value is -3.08. The zero-order valence-electron chi connectivity index (χ0n) is 17.9. The van der Waals surface area contributed by atoms with Crippen LogP contribution in [0.2, 0.25) is 0 Å². The number of hydrogen-bond donors (Lipinski definition) is 2. The second-order valence-corrected chi connectivity index (χ2v) is 8.19. The SMILES string of the molecule is CC(NCC#Cc1nc2c(Br)cccn2c1CC(F)(F)F)(ONC(=O)c1ccccc1)C(F)(F)F. The maximum absolute atomic E-state index is 13.6. The van der Waals surface area contributed by atoms with E-state index in [0.717, 1.165) is 0 Å². The van der Waals surface area contributed by atoms with E-state index in [1.165, 1.54) is 40.9 Å². The van der Waals surface area contributed by atoms with Gasteiger partial charge in [0.25, 0.3) is 5.91 Å². The van der Waals surface area contributed by atoms with E-state index in [1.807, 2.05) is 5.32 Å². The molecule has 2 N–H and O–H groups in total. The van der Waals surface area contributed by atoms with Crippen molar-refractivity contribution >= 4 is 27.5 Å². The van der Waals surface area contributed by atoms with Crippen LogP contribution in [0, 0.1) is 11.8 Å². The molecule has 13 heteroatoms. The number of nitrogens with zero attached hydrogens (tertiary/aromatic N) is 2. The molecule has 2 heterocycles. The number of benzene rings is 1. The fraction of sp³-hybridized carbons (Fsp3) is 0.273. The molecule has 6 nitrogen and oxygen atoms in total.